The highest BCUT2D eigenvalue weighted by Crippen LogP contribution is 2.39. The molecule has 3 N–H and O–H groups in total. The smallest absolute Gasteiger partial charge is 0.122 e. The lowest BCUT2D eigenvalue weighted by atomic mass is 9.82. The van der Waals surface area contributed by atoms with Gasteiger partial charge in [-0.05, 0) is 65.0 Å². The predicted octanol–water partition coefficient (Wildman–Crippen LogP) is 7.51. The maximum atomic E-state index is 11.3. The molecule has 0 aliphatic heterocycles. The second kappa shape index (κ2) is 9.02. The molecule has 3 aromatic carbocycles. The minimum Gasteiger partial charge on any atom is -0.507 e. The molecule has 3 nitrogen and oxygen atoms in total. The van der Waals surface area contributed by atoms with Crippen molar-refractivity contribution < 1.29 is 15.3 Å². The predicted molar refractivity (Wildman–Crippen MR) is 142 cm³/mol. The summed E-state index contributed by atoms with van der Waals surface area (Å²) in [6, 6.07) is 12.0. The van der Waals surface area contributed by atoms with Gasteiger partial charge < -0.3 is 15.3 Å². The Hall–Kier alpha value is -2.94. The van der Waals surface area contributed by atoms with Gasteiger partial charge in [-0.2, -0.15) is 0 Å². The molecule has 182 valence electrons. The number of aromatic hydroxyl groups is 3. The zero-order chi connectivity index (χ0) is 25.6. The second-order valence-electron chi connectivity index (χ2n) is 11.9. The van der Waals surface area contributed by atoms with Crippen LogP contribution < -0.4 is 0 Å². The number of hydrogen-bond acceptors (Lipinski definition) is 3. The van der Waals surface area contributed by atoms with E-state index < -0.39 is 0 Å². The van der Waals surface area contributed by atoms with E-state index in [2.05, 4.69) is 41.5 Å². The van der Waals surface area contributed by atoms with Gasteiger partial charge in [-0.25, -0.2) is 0 Å². The van der Waals surface area contributed by atoms with Crippen LogP contribution in [0.1, 0.15) is 91.6 Å². The molecule has 3 aromatic rings. The summed E-state index contributed by atoms with van der Waals surface area (Å²) in [6.45, 7) is 18.6. The van der Waals surface area contributed by atoms with Crippen molar-refractivity contribution in [3.8, 4) is 17.2 Å². The maximum Gasteiger partial charge on any atom is 0.122 e. The van der Waals surface area contributed by atoms with Gasteiger partial charge in [0.2, 0.25) is 0 Å². The van der Waals surface area contributed by atoms with Crippen molar-refractivity contribution in [3.05, 3.63) is 86.5 Å². The van der Waals surface area contributed by atoms with Gasteiger partial charge in [0, 0.05) is 18.4 Å². The van der Waals surface area contributed by atoms with Crippen LogP contribution in [0, 0.1) is 20.8 Å². The highest BCUT2D eigenvalue weighted by atomic mass is 16.3. The first-order valence-electron chi connectivity index (χ1n) is 12.1. The fourth-order valence-electron chi connectivity index (χ4n) is 4.67. The average molecular weight is 461 g/mol. The van der Waals surface area contributed by atoms with Gasteiger partial charge in [-0.15, -0.1) is 0 Å². The quantitative estimate of drug-likeness (QED) is 0.378. The van der Waals surface area contributed by atoms with Crippen molar-refractivity contribution in [2.75, 3.05) is 0 Å². The molecule has 0 radical (unpaired) electrons. The molecule has 0 aliphatic carbocycles. The fourth-order valence-corrected chi connectivity index (χ4v) is 4.67. The van der Waals surface area contributed by atoms with Gasteiger partial charge >= 0.3 is 0 Å². The van der Waals surface area contributed by atoms with Crippen LogP contribution in [0.3, 0.4) is 0 Å². The summed E-state index contributed by atoms with van der Waals surface area (Å²) < 4.78 is 0. The summed E-state index contributed by atoms with van der Waals surface area (Å²) in [5.74, 6) is 0.829. The third-order valence-corrected chi connectivity index (χ3v) is 6.63. The molecule has 0 amide bonds. The van der Waals surface area contributed by atoms with Crippen LogP contribution in [0.4, 0.5) is 0 Å². The standard InChI is InChI=1S/C31H40O3/c1-18-12-22(28(33)25(14-18)30(4,5)6)16-21-11-10-20(3)24(27(21)32)17-23-13-19(2)15-26(29(23)34)31(7,8)9/h10-15,32-34H,16-17H2,1-9H3. The lowest BCUT2D eigenvalue weighted by Crippen LogP contribution is -2.13. The molecule has 3 rings (SSSR count). The van der Waals surface area contributed by atoms with Crippen LogP contribution in [-0.4, -0.2) is 15.3 Å². The average Bonchev–Trinajstić information content (AvgIpc) is 2.70. The van der Waals surface area contributed by atoms with E-state index in [4.69, 9.17) is 0 Å². The Balaban J connectivity index is 2.06. The Morgan fingerprint density at radius 1 is 0.559 bits per heavy atom. The number of phenolic OH excluding ortho intramolecular Hbond substituents is 3. The Morgan fingerprint density at radius 3 is 1.44 bits per heavy atom. The molecule has 0 aliphatic rings. The molecule has 0 unspecified atom stereocenters. The molecule has 0 saturated carbocycles. The lowest BCUT2D eigenvalue weighted by Gasteiger charge is -2.24. The molecule has 0 saturated heterocycles. The van der Waals surface area contributed by atoms with Crippen LogP contribution in [0.15, 0.2) is 36.4 Å². The van der Waals surface area contributed by atoms with Gasteiger partial charge in [0.25, 0.3) is 0 Å². The third-order valence-electron chi connectivity index (χ3n) is 6.63. The summed E-state index contributed by atoms with van der Waals surface area (Å²) in [5.41, 5.74) is 7.81. The van der Waals surface area contributed by atoms with Crippen LogP contribution in [0.5, 0.6) is 17.2 Å². The highest BCUT2D eigenvalue weighted by Gasteiger charge is 2.24. The van der Waals surface area contributed by atoms with Gasteiger partial charge in [-0.3, -0.25) is 0 Å². The summed E-state index contributed by atoms with van der Waals surface area (Å²) in [4.78, 5) is 0. The lowest BCUT2D eigenvalue weighted by molar-refractivity contribution is 0.438. The SMILES string of the molecule is Cc1cc(Cc2ccc(C)c(Cc3cc(C)cc(C(C)(C)C)c3O)c2O)c(O)c(C(C)(C)C)c1. The Labute approximate surface area is 205 Å². The van der Waals surface area contributed by atoms with Crippen molar-refractivity contribution in [3.63, 3.8) is 0 Å². The molecule has 0 heterocycles. The van der Waals surface area contributed by atoms with E-state index in [1.807, 2.05) is 57.2 Å². The number of rotatable bonds is 4. The first-order valence-corrected chi connectivity index (χ1v) is 12.1. The Kier molecular flexibility index (Phi) is 6.81. The van der Waals surface area contributed by atoms with E-state index in [0.717, 1.165) is 50.1 Å². The first-order chi connectivity index (χ1) is 15.6. The molecule has 0 bridgehead atoms. The number of benzene rings is 3. The van der Waals surface area contributed by atoms with Gasteiger partial charge in [0.05, 0.1) is 0 Å². The maximum absolute atomic E-state index is 11.3. The van der Waals surface area contributed by atoms with Crippen molar-refractivity contribution >= 4 is 0 Å². The first kappa shape index (κ1) is 25.7. The molecular weight excluding hydrogens is 420 g/mol. The van der Waals surface area contributed by atoms with Crippen molar-refractivity contribution in [2.45, 2.75) is 86.0 Å². The molecule has 0 spiro atoms. The van der Waals surface area contributed by atoms with Crippen LogP contribution in [-0.2, 0) is 23.7 Å². The topological polar surface area (TPSA) is 60.7 Å². The molecule has 0 fully saturated rings. The Bertz CT molecular complexity index is 1220. The minimum atomic E-state index is -0.183. The molecule has 0 aromatic heterocycles. The number of hydrogen-bond donors (Lipinski definition) is 3. The van der Waals surface area contributed by atoms with Gasteiger partial charge in [0.15, 0.2) is 0 Å². The zero-order valence-corrected chi connectivity index (χ0v) is 22.2. The van der Waals surface area contributed by atoms with Gasteiger partial charge in [-0.1, -0.05) is 89.1 Å². The molecular formula is C31H40O3. The van der Waals surface area contributed by atoms with E-state index >= 15 is 0 Å². The van der Waals surface area contributed by atoms with Crippen LogP contribution in [0.2, 0.25) is 0 Å². The van der Waals surface area contributed by atoms with Crippen LogP contribution in [0.25, 0.3) is 0 Å². The van der Waals surface area contributed by atoms with E-state index in [0.29, 0.717) is 24.3 Å². The summed E-state index contributed by atoms with van der Waals surface area (Å²) in [5, 5.41) is 33.4. The van der Waals surface area contributed by atoms with Crippen molar-refractivity contribution in [2.24, 2.45) is 0 Å². The normalized spacial score (nSPS) is 12.3. The van der Waals surface area contributed by atoms with Crippen LogP contribution >= 0.6 is 0 Å². The molecule has 34 heavy (non-hydrogen) atoms. The van der Waals surface area contributed by atoms with Gasteiger partial charge in [0.1, 0.15) is 17.2 Å². The largest absolute Gasteiger partial charge is 0.507 e. The fraction of sp³-hybridized carbons (Fsp3) is 0.419. The second-order valence-corrected chi connectivity index (χ2v) is 11.9. The zero-order valence-electron chi connectivity index (χ0n) is 22.2. The minimum absolute atomic E-state index is 0.182. The van der Waals surface area contributed by atoms with E-state index in [1.54, 1.807) is 0 Å². The molecule has 0 atom stereocenters. The van der Waals surface area contributed by atoms with Crippen molar-refractivity contribution in [1.29, 1.82) is 0 Å². The summed E-state index contributed by atoms with van der Waals surface area (Å²) >= 11 is 0. The van der Waals surface area contributed by atoms with E-state index in [-0.39, 0.29) is 16.6 Å². The highest BCUT2D eigenvalue weighted by molar-refractivity contribution is 5.55. The van der Waals surface area contributed by atoms with Crippen molar-refractivity contribution in [1.82, 2.24) is 0 Å². The number of aryl methyl sites for hydroxylation is 3. The summed E-state index contributed by atoms with van der Waals surface area (Å²) in [7, 11) is 0. The van der Waals surface area contributed by atoms with E-state index in [1.165, 1.54) is 0 Å². The van der Waals surface area contributed by atoms with E-state index in [9.17, 15) is 15.3 Å². The Morgan fingerprint density at radius 2 is 1.00 bits per heavy atom. The molecule has 3 heteroatoms. The monoisotopic (exact) mass is 460 g/mol. The third kappa shape index (κ3) is 5.24. The number of phenols is 3. The summed E-state index contributed by atoms with van der Waals surface area (Å²) in [6.07, 6.45) is 0.873.